The number of amides is 1. The molecule has 5 nitrogen and oxygen atoms in total. The molecule has 0 unspecified atom stereocenters. The lowest BCUT2D eigenvalue weighted by Gasteiger charge is -2.14. The molecule has 1 aromatic heterocycles. The third kappa shape index (κ3) is 4.34. The van der Waals surface area contributed by atoms with Gasteiger partial charge in [0.25, 0.3) is 5.91 Å². The maximum Gasteiger partial charge on any atom is 0.270 e. The lowest BCUT2D eigenvalue weighted by molar-refractivity contribution is 0.0929. The summed E-state index contributed by atoms with van der Waals surface area (Å²) in [5.74, 6) is 0.589. The summed E-state index contributed by atoms with van der Waals surface area (Å²) in [6, 6.07) is 8.59. The van der Waals surface area contributed by atoms with Gasteiger partial charge in [0.05, 0.1) is 11.7 Å². The number of aryl methyl sites for hydroxylation is 1. The third-order valence-corrected chi connectivity index (χ3v) is 3.72. The van der Waals surface area contributed by atoms with Gasteiger partial charge in [-0.25, -0.2) is 0 Å². The number of nitrogens with one attached hydrogen (secondary N) is 1. The molecule has 5 heteroatoms. The van der Waals surface area contributed by atoms with Crippen LogP contribution >= 0.6 is 0 Å². The Hall–Kier alpha value is -2.30. The van der Waals surface area contributed by atoms with Gasteiger partial charge in [-0.3, -0.25) is 9.48 Å². The summed E-state index contributed by atoms with van der Waals surface area (Å²) in [7, 11) is 0. The fourth-order valence-corrected chi connectivity index (χ4v) is 2.53. The molecule has 1 atom stereocenters. The first-order valence-electron chi connectivity index (χ1n) is 8.07. The number of aromatic hydroxyl groups is 1. The van der Waals surface area contributed by atoms with Gasteiger partial charge in [0.1, 0.15) is 11.4 Å². The molecule has 0 spiro atoms. The number of benzene rings is 1. The van der Waals surface area contributed by atoms with E-state index >= 15 is 0 Å². The van der Waals surface area contributed by atoms with Crippen molar-refractivity contribution in [2.75, 3.05) is 0 Å². The van der Waals surface area contributed by atoms with E-state index in [1.807, 2.05) is 32.0 Å². The van der Waals surface area contributed by atoms with Crippen LogP contribution in [0.5, 0.6) is 5.75 Å². The van der Waals surface area contributed by atoms with Crippen LogP contribution in [0, 0.1) is 5.92 Å². The Bertz CT molecular complexity index is 659. The molecule has 0 radical (unpaired) electrons. The smallest absolute Gasteiger partial charge is 0.270 e. The van der Waals surface area contributed by atoms with Gasteiger partial charge in [-0.1, -0.05) is 26.0 Å². The molecule has 1 aromatic carbocycles. The summed E-state index contributed by atoms with van der Waals surface area (Å²) in [4.78, 5) is 12.6. The number of carbonyl (C=O) groups is 1. The van der Waals surface area contributed by atoms with Gasteiger partial charge in [0, 0.05) is 6.54 Å². The van der Waals surface area contributed by atoms with Crippen LogP contribution in [-0.2, 0) is 13.0 Å². The quantitative estimate of drug-likeness (QED) is 0.859. The van der Waals surface area contributed by atoms with Gasteiger partial charge in [-0.2, -0.15) is 5.10 Å². The van der Waals surface area contributed by atoms with Crippen LogP contribution in [0.1, 0.15) is 55.5 Å². The molecule has 23 heavy (non-hydrogen) atoms. The molecule has 0 fully saturated rings. The van der Waals surface area contributed by atoms with Crippen molar-refractivity contribution in [2.45, 2.75) is 46.7 Å². The first-order chi connectivity index (χ1) is 10.9. The number of hydrogen-bond donors (Lipinski definition) is 2. The minimum Gasteiger partial charge on any atom is -0.508 e. The minimum atomic E-state index is -0.142. The summed E-state index contributed by atoms with van der Waals surface area (Å²) < 4.78 is 1.75. The van der Waals surface area contributed by atoms with Crippen LogP contribution in [0.25, 0.3) is 0 Å². The summed E-state index contributed by atoms with van der Waals surface area (Å²) >= 11 is 0. The molecular formula is C18H25N3O2. The zero-order valence-corrected chi connectivity index (χ0v) is 14.2. The van der Waals surface area contributed by atoms with Gasteiger partial charge < -0.3 is 10.4 Å². The standard InChI is InChI=1S/C18H25N3O2/c1-5-21-17(11-15(20-21)10-12(2)3)18(23)19-13(4)14-6-8-16(22)9-7-14/h6-9,11-13,22H,5,10H2,1-4H3,(H,19,23)/t13-/m0/s1. The average molecular weight is 315 g/mol. The summed E-state index contributed by atoms with van der Waals surface area (Å²) in [5.41, 5.74) is 2.49. The molecule has 2 rings (SSSR count). The number of hydrogen-bond acceptors (Lipinski definition) is 3. The lowest BCUT2D eigenvalue weighted by Crippen LogP contribution is -2.28. The molecule has 2 aromatic rings. The molecule has 0 aliphatic heterocycles. The highest BCUT2D eigenvalue weighted by molar-refractivity contribution is 5.93. The van der Waals surface area contributed by atoms with E-state index in [2.05, 4.69) is 24.3 Å². The third-order valence-electron chi connectivity index (χ3n) is 3.72. The van der Waals surface area contributed by atoms with Crippen molar-refractivity contribution in [3.05, 3.63) is 47.3 Å². The second kappa shape index (κ2) is 7.31. The molecule has 1 heterocycles. The summed E-state index contributed by atoms with van der Waals surface area (Å²) in [6.07, 6.45) is 0.862. The van der Waals surface area contributed by atoms with Crippen LogP contribution in [0.4, 0.5) is 0 Å². The van der Waals surface area contributed by atoms with Gasteiger partial charge in [0.2, 0.25) is 0 Å². The van der Waals surface area contributed by atoms with Crippen molar-refractivity contribution < 1.29 is 9.90 Å². The van der Waals surface area contributed by atoms with E-state index in [9.17, 15) is 9.90 Å². The lowest BCUT2D eigenvalue weighted by atomic mass is 10.1. The SMILES string of the molecule is CCn1nc(CC(C)C)cc1C(=O)N[C@@H](C)c1ccc(O)cc1. The van der Waals surface area contributed by atoms with Crippen LogP contribution in [0.2, 0.25) is 0 Å². The highest BCUT2D eigenvalue weighted by Crippen LogP contribution is 2.17. The molecule has 0 saturated carbocycles. The maximum absolute atomic E-state index is 12.6. The highest BCUT2D eigenvalue weighted by Gasteiger charge is 2.17. The first kappa shape index (κ1) is 17.1. The second-order valence-corrected chi connectivity index (χ2v) is 6.22. The second-order valence-electron chi connectivity index (χ2n) is 6.22. The van der Waals surface area contributed by atoms with E-state index in [1.165, 1.54) is 0 Å². The van der Waals surface area contributed by atoms with Crippen molar-refractivity contribution in [3.8, 4) is 5.75 Å². The van der Waals surface area contributed by atoms with E-state index in [4.69, 9.17) is 0 Å². The van der Waals surface area contributed by atoms with Crippen molar-refractivity contribution >= 4 is 5.91 Å². The van der Waals surface area contributed by atoms with Crippen LogP contribution in [-0.4, -0.2) is 20.8 Å². The number of phenolic OH excluding ortho intramolecular Hbond substituents is 1. The average Bonchev–Trinajstić information content (AvgIpc) is 2.90. The number of nitrogens with zero attached hydrogens (tertiary/aromatic N) is 2. The summed E-state index contributed by atoms with van der Waals surface area (Å²) in [5, 5.41) is 16.8. The predicted octanol–water partition coefficient (Wildman–Crippen LogP) is 3.30. The normalized spacial score (nSPS) is 12.4. The Balaban J connectivity index is 2.13. The van der Waals surface area contributed by atoms with Crippen molar-refractivity contribution in [1.82, 2.24) is 15.1 Å². The molecule has 0 saturated heterocycles. The Kier molecular flexibility index (Phi) is 5.42. The number of carbonyl (C=O) groups excluding carboxylic acids is 1. The van der Waals surface area contributed by atoms with E-state index < -0.39 is 0 Å². The van der Waals surface area contributed by atoms with E-state index in [1.54, 1.807) is 16.8 Å². The fourth-order valence-electron chi connectivity index (χ4n) is 2.53. The Morgan fingerprint density at radius 1 is 1.26 bits per heavy atom. The largest absolute Gasteiger partial charge is 0.508 e. The number of phenols is 1. The Labute approximate surface area is 137 Å². The summed E-state index contributed by atoms with van der Waals surface area (Å²) in [6.45, 7) is 8.84. The first-order valence-corrected chi connectivity index (χ1v) is 8.07. The highest BCUT2D eigenvalue weighted by atomic mass is 16.3. The molecule has 0 aliphatic rings. The zero-order chi connectivity index (χ0) is 17.0. The van der Waals surface area contributed by atoms with Crippen LogP contribution in [0.15, 0.2) is 30.3 Å². The van der Waals surface area contributed by atoms with Gasteiger partial charge in [0.15, 0.2) is 0 Å². The Morgan fingerprint density at radius 2 is 1.91 bits per heavy atom. The van der Waals surface area contributed by atoms with E-state index in [0.717, 1.165) is 17.7 Å². The number of aromatic nitrogens is 2. The fraction of sp³-hybridized carbons (Fsp3) is 0.444. The zero-order valence-electron chi connectivity index (χ0n) is 14.2. The molecule has 0 aliphatic carbocycles. The van der Waals surface area contributed by atoms with E-state index in [-0.39, 0.29) is 17.7 Å². The molecule has 124 valence electrons. The molecule has 0 bridgehead atoms. The minimum absolute atomic E-state index is 0.130. The van der Waals surface area contributed by atoms with Gasteiger partial charge in [-0.15, -0.1) is 0 Å². The van der Waals surface area contributed by atoms with Crippen molar-refractivity contribution in [3.63, 3.8) is 0 Å². The van der Waals surface area contributed by atoms with Gasteiger partial charge >= 0.3 is 0 Å². The Morgan fingerprint density at radius 3 is 2.48 bits per heavy atom. The predicted molar refractivity (Wildman–Crippen MR) is 90.4 cm³/mol. The van der Waals surface area contributed by atoms with Crippen molar-refractivity contribution in [2.24, 2.45) is 5.92 Å². The number of rotatable bonds is 6. The molecular weight excluding hydrogens is 290 g/mol. The van der Waals surface area contributed by atoms with E-state index in [0.29, 0.717) is 18.2 Å². The monoisotopic (exact) mass is 315 g/mol. The van der Waals surface area contributed by atoms with Crippen LogP contribution in [0.3, 0.4) is 0 Å². The van der Waals surface area contributed by atoms with Crippen molar-refractivity contribution in [1.29, 1.82) is 0 Å². The molecule has 1 amide bonds. The maximum atomic E-state index is 12.6. The molecule has 2 N–H and O–H groups in total. The van der Waals surface area contributed by atoms with Crippen LogP contribution < -0.4 is 5.32 Å². The topological polar surface area (TPSA) is 67.2 Å². The van der Waals surface area contributed by atoms with Gasteiger partial charge in [-0.05, 0) is 49.9 Å².